The predicted octanol–water partition coefficient (Wildman–Crippen LogP) is 2.86. The van der Waals surface area contributed by atoms with Crippen molar-refractivity contribution in [3.8, 4) is 11.4 Å². The van der Waals surface area contributed by atoms with Crippen LogP contribution in [0.15, 0.2) is 42.5 Å². The van der Waals surface area contributed by atoms with E-state index in [1.807, 2.05) is 42.5 Å². The number of rotatable bonds is 4. The predicted molar refractivity (Wildman–Crippen MR) is 154 cm³/mol. The molecule has 0 bridgehead atoms. The Morgan fingerprint density at radius 3 is 2.63 bits per heavy atom. The van der Waals surface area contributed by atoms with Gasteiger partial charge in [-0.25, -0.2) is 9.59 Å². The van der Waals surface area contributed by atoms with Gasteiger partial charge in [0.1, 0.15) is 23.2 Å². The Morgan fingerprint density at radius 1 is 1.14 bits per heavy atom. The second-order valence-corrected chi connectivity index (χ2v) is 12.5. The molecule has 2 aromatic rings. The third-order valence-electron chi connectivity index (χ3n) is 8.12. The van der Waals surface area contributed by atoms with Crippen LogP contribution in [0.5, 0.6) is 0 Å². The molecule has 13 heteroatoms. The van der Waals surface area contributed by atoms with Crippen molar-refractivity contribution < 1.29 is 29.0 Å². The highest BCUT2D eigenvalue weighted by Crippen LogP contribution is 2.45. The van der Waals surface area contributed by atoms with Gasteiger partial charge in [-0.15, -0.1) is 10.2 Å². The molecular weight excluding hydrogens is 554 g/mol. The normalized spacial score (nSPS) is 28.9. The highest BCUT2D eigenvalue weighted by molar-refractivity contribution is 5.96. The van der Waals surface area contributed by atoms with Crippen molar-refractivity contribution in [2.75, 3.05) is 6.54 Å². The van der Waals surface area contributed by atoms with Gasteiger partial charge >= 0.3 is 12.1 Å². The number of nitrogens with zero attached hydrogens (tertiary/aromatic N) is 5. The lowest BCUT2D eigenvalue weighted by atomic mass is 10.0. The van der Waals surface area contributed by atoms with Crippen LogP contribution in [0.3, 0.4) is 0 Å². The summed E-state index contributed by atoms with van der Waals surface area (Å²) in [5, 5.41) is 28.4. The van der Waals surface area contributed by atoms with Gasteiger partial charge in [0.05, 0.1) is 6.04 Å². The molecule has 3 amide bonds. The largest absolute Gasteiger partial charge is 0.479 e. The molecule has 2 aliphatic heterocycles. The Balaban J connectivity index is 1.44. The third kappa shape index (κ3) is 6.86. The summed E-state index contributed by atoms with van der Waals surface area (Å²) in [4.78, 5) is 55.7. The molecule has 3 N–H and O–H groups in total. The Morgan fingerprint density at radius 2 is 1.91 bits per heavy atom. The SMILES string of the molecule is CC(C)(C)OC(=O)N[C@@H]1CCCCC/C=C\[C@@H]2C[C@]2(C(=O)O)NC(=O)[C@@H]2C[C@H](n3nnc(-c4ccccc4)n3)CN2C1=O. The lowest BCUT2D eigenvalue weighted by molar-refractivity contribution is -0.145. The molecule has 3 heterocycles. The van der Waals surface area contributed by atoms with Crippen LogP contribution in [0.2, 0.25) is 0 Å². The van der Waals surface area contributed by atoms with E-state index in [1.165, 1.54) is 9.70 Å². The van der Waals surface area contributed by atoms with E-state index in [0.29, 0.717) is 18.7 Å². The molecule has 1 saturated heterocycles. The molecule has 1 aromatic heterocycles. The molecule has 43 heavy (non-hydrogen) atoms. The number of aliphatic carboxylic acids is 1. The van der Waals surface area contributed by atoms with E-state index in [-0.39, 0.29) is 25.3 Å². The van der Waals surface area contributed by atoms with Gasteiger partial charge in [-0.05, 0) is 51.7 Å². The zero-order chi connectivity index (χ0) is 30.8. The fraction of sp³-hybridized carbons (Fsp3) is 0.567. The molecule has 1 aromatic carbocycles. The van der Waals surface area contributed by atoms with Crippen LogP contribution in [0.25, 0.3) is 11.4 Å². The summed E-state index contributed by atoms with van der Waals surface area (Å²) in [6.45, 7) is 5.30. The molecule has 0 spiro atoms. The minimum Gasteiger partial charge on any atom is -0.479 e. The first-order valence-corrected chi connectivity index (χ1v) is 14.8. The van der Waals surface area contributed by atoms with E-state index >= 15 is 0 Å². The quantitative estimate of drug-likeness (QED) is 0.451. The highest BCUT2D eigenvalue weighted by atomic mass is 16.6. The van der Waals surface area contributed by atoms with E-state index in [0.717, 1.165) is 24.8 Å². The van der Waals surface area contributed by atoms with Gasteiger partial charge in [-0.1, -0.05) is 55.3 Å². The number of allylic oxidation sites excluding steroid dienone is 1. The number of carboxylic acid groups (broad SMARTS) is 1. The summed E-state index contributed by atoms with van der Waals surface area (Å²) in [7, 11) is 0. The maximum absolute atomic E-state index is 14.1. The smallest absolute Gasteiger partial charge is 0.408 e. The first-order chi connectivity index (χ1) is 20.5. The third-order valence-corrected chi connectivity index (χ3v) is 8.12. The number of carbonyl (C=O) groups excluding carboxylic acids is 3. The number of amides is 3. The minimum absolute atomic E-state index is 0.0808. The maximum Gasteiger partial charge on any atom is 0.408 e. The van der Waals surface area contributed by atoms with E-state index in [2.05, 4.69) is 26.0 Å². The van der Waals surface area contributed by atoms with Gasteiger partial charge in [0.25, 0.3) is 0 Å². The van der Waals surface area contributed by atoms with Crippen molar-refractivity contribution in [3.05, 3.63) is 42.5 Å². The zero-order valence-electron chi connectivity index (χ0n) is 24.7. The van der Waals surface area contributed by atoms with Gasteiger partial charge < -0.3 is 25.4 Å². The molecule has 1 saturated carbocycles. The number of aromatic nitrogens is 4. The maximum atomic E-state index is 14.1. The average Bonchev–Trinajstić information content (AvgIpc) is 3.28. The van der Waals surface area contributed by atoms with Crippen LogP contribution < -0.4 is 10.6 Å². The minimum atomic E-state index is -1.42. The number of carbonyl (C=O) groups is 4. The Hall–Kier alpha value is -4.29. The summed E-state index contributed by atoms with van der Waals surface area (Å²) in [6.07, 6.45) is 6.98. The number of benzene rings is 1. The van der Waals surface area contributed by atoms with Crippen molar-refractivity contribution in [2.24, 2.45) is 5.92 Å². The number of hydrogen-bond acceptors (Lipinski definition) is 8. The summed E-state index contributed by atoms with van der Waals surface area (Å²) < 4.78 is 5.43. The number of nitrogens with one attached hydrogen (secondary N) is 2. The number of hydrogen-bond donors (Lipinski definition) is 3. The van der Waals surface area contributed by atoms with E-state index < -0.39 is 53.1 Å². The number of ether oxygens (including phenoxy) is 1. The second kappa shape index (κ2) is 12.1. The number of tetrazole rings is 1. The topological polar surface area (TPSA) is 169 Å². The summed E-state index contributed by atoms with van der Waals surface area (Å²) in [6, 6.07) is 6.89. The molecule has 1 aliphatic carbocycles. The Labute approximate surface area is 250 Å². The molecule has 13 nitrogen and oxygen atoms in total. The molecule has 3 aliphatic rings. The number of fused-ring (bicyclic) bond motifs is 2. The first kappa shape index (κ1) is 30.2. The summed E-state index contributed by atoms with van der Waals surface area (Å²) in [5.41, 5.74) is -1.41. The fourth-order valence-corrected chi connectivity index (χ4v) is 5.78. The van der Waals surface area contributed by atoms with Crippen molar-refractivity contribution in [1.29, 1.82) is 0 Å². The number of carboxylic acids is 1. The van der Waals surface area contributed by atoms with Gasteiger partial charge in [-0.3, -0.25) is 9.59 Å². The molecule has 5 rings (SSSR count). The first-order valence-electron chi connectivity index (χ1n) is 14.8. The van der Waals surface area contributed by atoms with Crippen molar-refractivity contribution in [2.45, 2.75) is 95.0 Å². The van der Waals surface area contributed by atoms with Crippen LogP contribution >= 0.6 is 0 Å². The van der Waals surface area contributed by atoms with Gasteiger partial charge in [0.15, 0.2) is 0 Å². The fourth-order valence-electron chi connectivity index (χ4n) is 5.78. The van der Waals surface area contributed by atoms with E-state index in [9.17, 15) is 24.3 Å². The van der Waals surface area contributed by atoms with Crippen LogP contribution in [-0.4, -0.2) is 83.9 Å². The standard InChI is InChI=1S/C30H39N7O6/c1-29(2,3)43-28(42)31-22-15-11-6-4-5-10-14-20-17-30(20,27(40)41)32-25(38)23-16-21(18-36(23)26(22)39)37-34-24(33-35-37)19-12-8-7-9-13-19/h7-10,12-14,20-23H,4-6,11,15-18H2,1-3H3,(H,31,42)(H,32,38)(H,40,41)/b14-10-/t20-,21+,22-,23+,30+/m1/s1. The van der Waals surface area contributed by atoms with Crippen LogP contribution in [0.4, 0.5) is 4.79 Å². The van der Waals surface area contributed by atoms with Crippen LogP contribution in [0, 0.1) is 5.92 Å². The van der Waals surface area contributed by atoms with E-state index in [1.54, 1.807) is 20.8 Å². The van der Waals surface area contributed by atoms with Crippen LogP contribution in [-0.2, 0) is 19.1 Å². The molecule has 2 fully saturated rings. The molecule has 0 unspecified atom stereocenters. The highest BCUT2D eigenvalue weighted by Gasteiger charge is 2.61. The lowest BCUT2D eigenvalue weighted by Gasteiger charge is -2.30. The van der Waals surface area contributed by atoms with Gasteiger partial charge in [0.2, 0.25) is 17.6 Å². The molecule has 230 valence electrons. The van der Waals surface area contributed by atoms with E-state index in [4.69, 9.17) is 4.74 Å². The number of alkyl carbamates (subject to hydrolysis) is 1. The van der Waals surface area contributed by atoms with Crippen molar-refractivity contribution >= 4 is 23.9 Å². The van der Waals surface area contributed by atoms with Crippen molar-refractivity contribution in [3.63, 3.8) is 0 Å². The average molecular weight is 594 g/mol. The second-order valence-electron chi connectivity index (χ2n) is 12.5. The lowest BCUT2D eigenvalue weighted by Crippen LogP contribution is -2.56. The summed E-state index contributed by atoms with van der Waals surface area (Å²) >= 11 is 0. The Bertz CT molecular complexity index is 1390. The molecule has 5 atom stereocenters. The molecular formula is C30H39N7O6. The Kier molecular flexibility index (Phi) is 8.52. The monoisotopic (exact) mass is 593 g/mol. The van der Waals surface area contributed by atoms with Gasteiger partial charge in [0, 0.05) is 24.4 Å². The van der Waals surface area contributed by atoms with Crippen LogP contribution in [0.1, 0.15) is 71.8 Å². The van der Waals surface area contributed by atoms with Crippen molar-refractivity contribution in [1.82, 2.24) is 35.7 Å². The molecule has 0 radical (unpaired) electrons. The summed E-state index contributed by atoms with van der Waals surface area (Å²) in [5.74, 6) is -2.04. The zero-order valence-corrected chi connectivity index (χ0v) is 24.7. The van der Waals surface area contributed by atoms with Gasteiger partial charge in [-0.2, -0.15) is 4.80 Å².